The monoisotopic (exact) mass is 339 g/mol. The predicted molar refractivity (Wildman–Crippen MR) is 81.5 cm³/mol. The van der Waals surface area contributed by atoms with Gasteiger partial charge in [0.05, 0.1) is 12.2 Å². The van der Waals surface area contributed by atoms with Crippen LogP contribution in [0.25, 0.3) is 0 Å². The minimum absolute atomic E-state index is 0.169. The Morgan fingerprint density at radius 3 is 2.70 bits per heavy atom. The van der Waals surface area contributed by atoms with Crippen LogP contribution in [-0.2, 0) is 16.1 Å². The Kier molecular flexibility index (Phi) is 4.15. The SMILES string of the molecule is CNCc1ccc(N2CC(=O)NC(=O)C2(C)C)c(Br)c1. The molecule has 1 heterocycles. The first-order chi connectivity index (χ1) is 9.36. The fourth-order valence-corrected chi connectivity index (χ4v) is 2.89. The van der Waals surface area contributed by atoms with E-state index in [2.05, 4.69) is 26.6 Å². The lowest BCUT2D eigenvalue weighted by atomic mass is 9.97. The number of halogens is 1. The highest BCUT2D eigenvalue weighted by atomic mass is 79.9. The first-order valence-electron chi connectivity index (χ1n) is 6.41. The van der Waals surface area contributed by atoms with Crippen molar-refractivity contribution >= 4 is 33.4 Å². The van der Waals surface area contributed by atoms with Gasteiger partial charge >= 0.3 is 0 Å². The lowest BCUT2D eigenvalue weighted by Crippen LogP contribution is -2.64. The van der Waals surface area contributed by atoms with E-state index in [1.807, 2.05) is 44.0 Å². The topological polar surface area (TPSA) is 61.4 Å². The maximum Gasteiger partial charge on any atom is 0.251 e. The first-order valence-corrected chi connectivity index (χ1v) is 7.20. The van der Waals surface area contributed by atoms with Crippen LogP contribution in [0, 0.1) is 0 Å². The number of carbonyl (C=O) groups excluding carboxylic acids is 2. The van der Waals surface area contributed by atoms with Crippen LogP contribution in [0.2, 0.25) is 0 Å². The fraction of sp³-hybridized carbons (Fsp3) is 0.429. The molecule has 0 spiro atoms. The first kappa shape index (κ1) is 15.0. The highest BCUT2D eigenvalue weighted by molar-refractivity contribution is 9.10. The van der Waals surface area contributed by atoms with Gasteiger partial charge in [-0.15, -0.1) is 0 Å². The summed E-state index contributed by atoms with van der Waals surface area (Å²) in [5, 5.41) is 5.46. The van der Waals surface area contributed by atoms with Crippen molar-refractivity contribution in [1.82, 2.24) is 10.6 Å². The van der Waals surface area contributed by atoms with Gasteiger partial charge in [0, 0.05) is 11.0 Å². The van der Waals surface area contributed by atoms with E-state index in [9.17, 15) is 9.59 Å². The van der Waals surface area contributed by atoms with Crippen LogP contribution in [-0.4, -0.2) is 30.9 Å². The molecule has 1 aliphatic rings. The van der Waals surface area contributed by atoms with Crippen molar-refractivity contribution in [1.29, 1.82) is 0 Å². The molecule has 1 aromatic carbocycles. The smallest absolute Gasteiger partial charge is 0.251 e. The molecule has 1 aliphatic heterocycles. The molecule has 0 unspecified atom stereocenters. The lowest BCUT2D eigenvalue weighted by molar-refractivity contribution is -0.135. The second kappa shape index (κ2) is 5.54. The third-order valence-electron chi connectivity index (χ3n) is 3.47. The molecule has 2 rings (SSSR count). The molecule has 2 amide bonds. The summed E-state index contributed by atoms with van der Waals surface area (Å²) < 4.78 is 0.876. The van der Waals surface area contributed by atoms with Crippen molar-refractivity contribution in [2.24, 2.45) is 0 Å². The molecule has 0 atom stereocenters. The molecule has 1 saturated heterocycles. The van der Waals surface area contributed by atoms with E-state index in [1.54, 1.807) is 0 Å². The Morgan fingerprint density at radius 2 is 2.10 bits per heavy atom. The fourth-order valence-electron chi connectivity index (χ4n) is 2.25. The van der Waals surface area contributed by atoms with Gasteiger partial charge in [0.25, 0.3) is 5.91 Å². The Bertz CT molecular complexity index is 557. The largest absolute Gasteiger partial charge is 0.347 e. The number of carbonyl (C=O) groups is 2. The highest BCUT2D eigenvalue weighted by Crippen LogP contribution is 2.33. The Labute approximate surface area is 126 Å². The zero-order valence-corrected chi connectivity index (χ0v) is 13.4. The molecule has 0 radical (unpaired) electrons. The van der Waals surface area contributed by atoms with Crippen molar-refractivity contribution in [3.63, 3.8) is 0 Å². The van der Waals surface area contributed by atoms with Gasteiger partial charge in [0.15, 0.2) is 0 Å². The number of imide groups is 1. The van der Waals surface area contributed by atoms with Crippen molar-refractivity contribution in [3.8, 4) is 0 Å². The van der Waals surface area contributed by atoms with Crippen molar-refractivity contribution in [2.45, 2.75) is 25.9 Å². The van der Waals surface area contributed by atoms with E-state index in [0.29, 0.717) is 0 Å². The van der Waals surface area contributed by atoms with E-state index >= 15 is 0 Å². The highest BCUT2D eigenvalue weighted by Gasteiger charge is 2.41. The molecule has 108 valence electrons. The number of rotatable bonds is 3. The zero-order valence-electron chi connectivity index (χ0n) is 11.8. The zero-order chi connectivity index (χ0) is 14.9. The third kappa shape index (κ3) is 2.71. The van der Waals surface area contributed by atoms with Crippen LogP contribution in [0.4, 0.5) is 5.69 Å². The van der Waals surface area contributed by atoms with Gasteiger partial charge in [-0.05, 0) is 54.5 Å². The Hall–Kier alpha value is -1.40. The molecule has 0 aromatic heterocycles. The van der Waals surface area contributed by atoms with Gasteiger partial charge in [-0.3, -0.25) is 14.9 Å². The van der Waals surface area contributed by atoms with Crippen molar-refractivity contribution in [3.05, 3.63) is 28.2 Å². The molecule has 20 heavy (non-hydrogen) atoms. The van der Waals surface area contributed by atoms with E-state index < -0.39 is 5.54 Å². The van der Waals surface area contributed by atoms with Gasteiger partial charge in [-0.2, -0.15) is 0 Å². The summed E-state index contributed by atoms with van der Waals surface area (Å²) in [6, 6.07) is 5.92. The molecule has 0 saturated carbocycles. The third-order valence-corrected chi connectivity index (χ3v) is 4.10. The lowest BCUT2D eigenvalue weighted by Gasteiger charge is -2.42. The number of benzene rings is 1. The number of nitrogens with one attached hydrogen (secondary N) is 2. The maximum atomic E-state index is 12.0. The molecule has 6 heteroatoms. The van der Waals surface area contributed by atoms with Crippen LogP contribution in [0.15, 0.2) is 22.7 Å². The normalized spacial score (nSPS) is 18.1. The minimum Gasteiger partial charge on any atom is -0.347 e. The van der Waals surface area contributed by atoms with E-state index in [1.165, 1.54) is 0 Å². The van der Waals surface area contributed by atoms with Gasteiger partial charge in [-0.25, -0.2) is 0 Å². The van der Waals surface area contributed by atoms with Crippen LogP contribution in [0.5, 0.6) is 0 Å². The maximum absolute atomic E-state index is 12.0. The van der Waals surface area contributed by atoms with Crippen molar-refractivity contribution in [2.75, 3.05) is 18.5 Å². The summed E-state index contributed by atoms with van der Waals surface area (Å²) in [5.74, 6) is -0.555. The predicted octanol–water partition coefficient (Wildman–Crippen LogP) is 1.41. The summed E-state index contributed by atoms with van der Waals surface area (Å²) in [6.45, 7) is 4.55. The molecule has 1 aromatic rings. The van der Waals surface area contributed by atoms with Gasteiger partial charge < -0.3 is 10.2 Å². The number of hydrogen-bond acceptors (Lipinski definition) is 4. The van der Waals surface area contributed by atoms with Crippen LogP contribution >= 0.6 is 15.9 Å². The second-order valence-corrected chi connectivity index (χ2v) is 6.19. The second-order valence-electron chi connectivity index (χ2n) is 5.34. The standard InChI is InChI=1S/C14H18BrN3O2/c1-14(2)13(20)17-12(19)8-18(14)11-5-4-9(7-16-3)6-10(11)15/h4-6,16H,7-8H2,1-3H3,(H,17,19,20). The number of piperazine rings is 1. The number of hydrogen-bond donors (Lipinski definition) is 2. The summed E-state index contributed by atoms with van der Waals surface area (Å²) in [5.41, 5.74) is 1.22. The van der Waals surface area contributed by atoms with Gasteiger partial charge in [-0.1, -0.05) is 6.07 Å². The average molecular weight is 340 g/mol. The average Bonchev–Trinajstić information content (AvgIpc) is 2.35. The Balaban J connectivity index is 2.38. The van der Waals surface area contributed by atoms with Crippen LogP contribution in [0.3, 0.4) is 0 Å². The molecule has 5 nitrogen and oxygen atoms in total. The molecular formula is C14H18BrN3O2. The summed E-state index contributed by atoms with van der Waals surface area (Å²) in [7, 11) is 1.89. The van der Waals surface area contributed by atoms with Gasteiger partial charge in [0.2, 0.25) is 5.91 Å². The summed E-state index contributed by atoms with van der Waals surface area (Å²) >= 11 is 3.53. The number of amides is 2. The van der Waals surface area contributed by atoms with Crippen LogP contribution in [0.1, 0.15) is 19.4 Å². The van der Waals surface area contributed by atoms with Crippen molar-refractivity contribution < 1.29 is 9.59 Å². The summed E-state index contributed by atoms with van der Waals surface area (Å²) in [4.78, 5) is 25.4. The quantitative estimate of drug-likeness (QED) is 0.817. The molecule has 0 bridgehead atoms. The number of anilines is 1. The van der Waals surface area contributed by atoms with E-state index in [4.69, 9.17) is 0 Å². The number of nitrogens with zero attached hydrogens (tertiary/aromatic N) is 1. The summed E-state index contributed by atoms with van der Waals surface area (Å²) in [6.07, 6.45) is 0. The molecule has 1 fully saturated rings. The Morgan fingerprint density at radius 1 is 1.40 bits per heavy atom. The van der Waals surface area contributed by atoms with Gasteiger partial charge in [0.1, 0.15) is 5.54 Å². The van der Waals surface area contributed by atoms with E-state index in [0.717, 1.165) is 22.3 Å². The molecular weight excluding hydrogens is 322 g/mol. The van der Waals surface area contributed by atoms with Crippen LogP contribution < -0.4 is 15.5 Å². The molecule has 0 aliphatic carbocycles. The van der Waals surface area contributed by atoms with E-state index in [-0.39, 0.29) is 18.4 Å². The molecule has 2 N–H and O–H groups in total. The minimum atomic E-state index is -0.763.